The van der Waals surface area contributed by atoms with E-state index in [1.54, 1.807) is 0 Å². The van der Waals surface area contributed by atoms with Crippen LogP contribution in [0.25, 0.3) is 16.9 Å². The van der Waals surface area contributed by atoms with E-state index in [9.17, 15) is 4.79 Å². The number of imidazole rings is 1. The van der Waals surface area contributed by atoms with Crippen molar-refractivity contribution < 1.29 is 4.79 Å². The van der Waals surface area contributed by atoms with E-state index in [-0.39, 0.29) is 5.91 Å². The Kier molecular flexibility index (Phi) is 4.16. The van der Waals surface area contributed by atoms with E-state index in [0.29, 0.717) is 6.04 Å². The van der Waals surface area contributed by atoms with Gasteiger partial charge in [-0.2, -0.15) is 5.10 Å². The molecule has 1 amide bonds. The Morgan fingerprint density at radius 1 is 1.14 bits per heavy atom. The zero-order valence-corrected chi connectivity index (χ0v) is 16.4. The average Bonchev–Trinajstić information content (AvgIpc) is 3.09. The fourth-order valence-corrected chi connectivity index (χ4v) is 4.52. The summed E-state index contributed by atoms with van der Waals surface area (Å²) >= 11 is 0. The van der Waals surface area contributed by atoms with Crippen molar-refractivity contribution in [3.63, 3.8) is 0 Å². The van der Waals surface area contributed by atoms with E-state index in [1.807, 2.05) is 29.8 Å². The van der Waals surface area contributed by atoms with E-state index in [1.165, 1.54) is 0 Å². The van der Waals surface area contributed by atoms with Gasteiger partial charge in [-0.3, -0.25) is 4.79 Å². The number of hydrogen-bond donors (Lipinski definition) is 1. The van der Waals surface area contributed by atoms with Crippen molar-refractivity contribution in [2.75, 3.05) is 19.6 Å². The molecule has 2 aromatic heterocycles. The minimum absolute atomic E-state index is 0.185. The Labute approximate surface area is 164 Å². The first-order valence-electron chi connectivity index (χ1n) is 10.1. The molecule has 0 radical (unpaired) electrons. The second kappa shape index (κ2) is 6.71. The minimum atomic E-state index is 0.185. The number of nitrogens with zero attached hydrogens (tertiary/aromatic N) is 4. The molecule has 0 unspecified atom stereocenters. The minimum Gasteiger partial charge on any atom is -0.335 e. The van der Waals surface area contributed by atoms with Gasteiger partial charge in [-0.1, -0.05) is 6.07 Å². The molecule has 3 aromatic rings. The number of carbonyl (C=O) groups is 1. The van der Waals surface area contributed by atoms with Crippen LogP contribution >= 0.6 is 0 Å². The van der Waals surface area contributed by atoms with Crippen molar-refractivity contribution in [1.29, 1.82) is 0 Å². The Morgan fingerprint density at radius 2 is 1.96 bits per heavy atom. The van der Waals surface area contributed by atoms with Gasteiger partial charge in [0, 0.05) is 23.7 Å². The molecule has 28 heavy (non-hydrogen) atoms. The lowest BCUT2D eigenvalue weighted by Gasteiger charge is -2.37. The summed E-state index contributed by atoms with van der Waals surface area (Å²) in [5.74, 6) is 0.185. The molecule has 1 saturated heterocycles. The van der Waals surface area contributed by atoms with Gasteiger partial charge in [0.15, 0.2) is 5.65 Å². The summed E-state index contributed by atoms with van der Waals surface area (Å²) in [4.78, 5) is 19.7. The van der Waals surface area contributed by atoms with Gasteiger partial charge in [-0.15, -0.1) is 0 Å². The molecule has 4 heterocycles. The molecular weight excluding hydrogens is 350 g/mol. The standard InChI is InChI=1S/C22H25N5O/c1-14-11-20(25-27-13-15(2)24-21(14)27)17-3-4-19-16(12-17)7-10-26(22(19)28)18-5-8-23-9-6-18/h3-4,11-13,18,23H,5-10H2,1-2H3. The fourth-order valence-electron chi connectivity index (χ4n) is 4.52. The molecule has 1 aromatic carbocycles. The van der Waals surface area contributed by atoms with Gasteiger partial charge in [0.05, 0.1) is 17.6 Å². The summed E-state index contributed by atoms with van der Waals surface area (Å²) in [6.07, 6.45) is 4.95. The summed E-state index contributed by atoms with van der Waals surface area (Å²) < 4.78 is 1.85. The molecule has 0 bridgehead atoms. The molecule has 0 aliphatic carbocycles. The third-order valence-electron chi connectivity index (χ3n) is 5.99. The van der Waals surface area contributed by atoms with Crippen LogP contribution in [0.1, 0.15) is 40.0 Å². The van der Waals surface area contributed by atoms with Crippen LogP contribution in [0.15, 0.2) is 30.5 Å². The number of rotatable bonds is 2. The lowest BCUT2D eigenvalue weighted by Crippen LogP contribution is -2.49. The van der Waals surface area contributed by atoms with E-state index >= 15 is 0 Å². The van der Waals surface area contributed by atoms with Crippen LogP contribution in [0, 0.1) is 13.8 Å². The smallest absolute Gasteiger partial charge is 0.254 e. The maximum Gasteiger partial charge on any atom is 0.254 e. The Bertz CT molecular complexity index is 1060. The molecule has 5 rings (SSSR count). The van der Waals surface area contributed by atoms with Crippen molar-refractivity contribution in [2.45, 2.75) is 39.2 Å². The molecule has 6 nitrogen and oxygen atoms in total. The van der Waals surface area contributed by atoms with Crippen LogP contribution < -0.4 is 5.32 Å². The van der Waals surface area contributed by atoms with Crippen molar-refractivity contribution in [3.8, 4) is 11.3 Å². The van der Waals surface area contributed by atoms with Crippen LogP contribution in [0.4, 0.5) is 0 Å². The van der Waals surface area contributed by atoms with Gasteiger partial charge >= 0.3 is 0 Å². The number of nitrogens with one attached hydrogen (secondary N) is 1. The largest absolute Gasteiger partial charge is 0.335 e. The van der Waals surface area contributed by atoms with Gasteiger partial charge in [-0.25, -0.2) is 9.50 Å². The van der Waals surface area contributed by atoms with E-state index in [0.717, 1.165) is 78.2 Å². The first kappa shape index (κ1) is 17.4. The first-order valence-corrected chi connectivity index (χ1v) is 10.1. The van der Waals surface area contributed by atoms with Gasteiger partial charge in [0.2, 0.25) is 0 Å². The van der Waals surface area contributed by atoms with Crippen LogP contribution in [0.3, 0.4) is 0 Å². The number of aryl methyl sites for hydroxylation is 2. The van der Waals surface area contributed by atoms with Crippen molar-refractivity contribution in [1.82, 2.24) is 24.8 Å². The molecule has 2 aliphatic heterocycles. The molecule has 0 atom stereocenters. The number of amides is 1. The highest BCUT2D eigenvalue weighted by atomic mass is 16.2. The predicted octanol–water partition coefficient (Wildman–Crippen LogP) is 2.76. The Hall–Kier alpha value is -2.73. The third kappa shape index (κ3) is 2.88. The predicted molar refractivity (Wildman–Crippen MR) is 109 cm³/mol. The molecule has 0 saturated carbocycles. The lowest BCUT2D eigenvalue weighted by atomic mass is 9.93. The van der Waals surface area contributed by atoms with E-state index < -0.39 is 0 Å². The van der Waals surface area contributed by atoms with Crippen molar-refractivity contribution in [2.24, 2.45) is 0 Å². The molecule has 2 aliphatic rings. The summed E-state index contributed by atoms with van der Waals surface area (Å²) in [7, 11) is 0. The Balaban J connectivity index is 1.48. The topological polar surface area (TPSA) is 62.5 Å². The normalized spacial score (nSPS) is 17.9. The molecule has 0 spiro atoms. The van der Waals surface area contributed by atoms with Gasteiger partial charge in [0.25, 0.3) is 5.91 Å². The second-order valence-corrected chi connectivity index (χ2v) is 7.96. The van der Waals surface area contributed by atoms with Crippen LogP contribution in [0.2, 0.25) is 0 Å². The summed E-state index contributed by atoms with van der Waals surface area (Å²) in [5, 5.41) is 8.12. The van der Waals surface area contributed by atoms with Crippen molar-refractivity contribution >= 4 is 11.6 Å². The number of fused-ring (bicyclic) bond motifs is 2. The highest BCUT2D eigenvalue weighted by Crippen LogP contribution is 2.28. The monoisotopic (exact) mass is 375 g/mol. The van der Waals surface area contributed by atoms with E-state index in [4.69, 9.17) is 5.10 Å². The van der Waals surface area contributed by atoms with Crippen molar-refractivity contribution in [3.05, 3.63) is 52.8 Å². The molecular formula is C22H25N5O. The SMILES string of the molecule is Cc1cn2nc(-c3ccc4c(c3)CCN(C3CCNCC3)C4=O)cc(C)c2n1. The lowest BCUT2D eigenvalue weighted by molar-refractivity contribution is 0.0623. The number of hydrogen-bond acceptors (Lipinski definition) is 4. The third-order valence-corrected chi connectivity index (χ3v) is 5.99. The summed E-state index contributed by atoms with van der Waals surface area (Å²) in [5.41, 5.74) is 6.91. The number of aromatic nitrogens is 3. The fraction of sp³-hybridized carbons (Fsp3) is 0.409. The van der Waals surface area contributed by atoms with Crippen LogP contribution in [-0.2, 0) is 6.42 Å². The highest BCUT2D eigenvalue weighted by molar-refractivity contribution is 5.97. The number of carbonyl (C=O) groups excluding carboxylic acids is 1. The summed E-state index contributed by atoms with van der Waals surface area (Å²) in [6, 6.07) is 8.61. The van der Waals surface area contributed by atoms with Gasteiger partial charge in [0.1, 0.15) is 0 Å². The molecule has 6 heteroatoms. The maximum atomic E-state index is 13.1. The quantitative estimate of drug-likeness (QED) is 0.748. The Morgan fingerprint density at radius 3 is 2.79 bits per heavy atom. The summed E-state index contributed by atoms with van der Waals surface area (Å²) in [6.45, 7) is 6.85. The van der Waals surface area contributed by atoms with E-state index in [2.05, 4.69) is 34.3 Å². The number of benzene rings is 1. The molecule has 144 valence electrons. The second-order valence-electron chi connectivity index (χ2n) is 7.96. The van der Waals surface area contributed by atoms with Crippen LogP contribution in [0.5, 0.6) is 0 Å². The highest BCUT2D eigenvalue weighted by Gasteiger charge is 2.30. The van der Waals surface area contributed by atoms with Gasteiger partial charge in [-0.05, 0) is 75.5 Å². The zero-order chi connectivity index (χ0) is 19.3. The maximum absolute atomic E-state index is 13.1. The first-order chi connectivity index (χ1) is 13.6. The zero-order valence-electron chi connectivity index (χ0n) is 16.4. The number of piperidine rings is 1. The van der Waals surface area contributed by atoms with Gasteiger partial charge < -0.3 is 10.2 Å². The molecule has 1 fully saturated rings. The van der Waals surface area contributed by atoms with Crippen LogP contribution in [-0.4, -0.2) is 51.1 Å². The molecule has 1 N–H and O–H groups in total. The average molecular weight is 375 g/mol.